The highest BCUT2D eigenvalue weighted by atomic mass is 32.2. The first-order chi connectivity index (χ1) is 8.07. The SMILES string of the molecule is O=C(NCCc1nccs1)[C@H]1CCS(=O)(=O)C1. The minimum Gasteiger partial charge on any atom is -0.355 e. The largest absolute Gasteiger partial charge is 0.355 e. The molecule has 0 radical (unpaired) electrons. The highest BCUT2D eigenvalue weighted by molar-refractivity contribution is 7.91. The molecule has 94 valence electrons. The third kappa shape index (κ3) is 3.50. The molecule has 5 nitrogen and oxygen atoms in total. The number of carbonyl (C=O) groups excluding carboxylic acids is 1. The van der Waals surface area contributed by atoms with Crippen molar-refractivity contribution in [3.05, 3.63) is 16.6 Å². The van der Waals surface area contributed by atoms with Crippen LogP contribution in [0.1, 0.15) is 11.4 Å². The maximum Gasteiger partial charge on any atom is 0.224 e. The predicted octanol–water partition coefficient (Wildman–Crippen LogP) is 0.236. The van der Waals surface area contributed by atoms with E-state index in [2.05, 4.69) is 10.3 Å². The number of nitrogens with one attached hydrogen (secondary N) is 1. The van der Waals surface area contributed by atoms with E-state index in [1.54, 1.807) is 17.5 Å². The summed E-state index contributed by atoms with van der Waals surface area (Å²) in [5.41, 5.74) is 0. The van der Waals surface area contributed by atoms with Crippen molar-refractivity contribution in [2.24, 2.45) is 5.92 Å². The molecule has 1 N–H and O–H groups in total. The van der Waals surface area contributed by atoms with E-state index >= 15 is 0 Å². The van der Waals surface area contributed by atoms with Gasteiger partial charge in [0.2, 0.25) is 5.91 Å². The van der Waals surface area contributed by atoms with Crippen LogP contribution in [0.4, 0.5) is 0 Å². The van der Waals surface area contributed by atoms with Gasteiger partial charge in [0.25, 0.3) is 0 Å². The zero-order valence-electron chi connectivity index (χ0n) is 9.26. The van der Waals surface area contributed by atoms with Crippen molar-refractivity contribution in [3.8, 4) is 0 Å². The number of sulfone groups is 1. The number of nitrogens with zero attached hydrogens (tertiary/aromatic N) is 1. The predicted molar refractivity (Wildman–Crippen MR) is 65.6 cm³/mol. The van der Waals surface area contributed by atoms with E-state index in [9.17, 15) is 13.2 Å². The number of aromatic nitrogens is 1. The summed E-state index contributed by atoms with van der Waals surface area (Å²) in [6.45, 7) is 0.517. The van der Waals surface area contributed by atoms with Gasteiger partial charge in [0.05, 0.1) is 22.4 Å². The van der Waals surface area contributed by atoms with Gasteiger partial charge in [-0.1, -0.05) is 0 Å². The van der Waals surface area contributed by atoms with Crippen molar-refractivity contribution in [3.63, 3.8) is 0 Å². The van der Waals surface area contributed by atoms with E-state index in [0.717, 1.165) is 5.01 Å². The van der Waals surface area contributed by atoms with Gasteiger partial charge in [-0.2, -0.15) is 0 Å². The molecule has 0 bridgehead atoms. The van der Waals surface area contributed by atoms with Crippen molar-refractivity contribution in [2.45, 2.75) is 12.8 Å². The Bertz CT molecular complexity index is 482. The van der Waals surface area contributed by atoms with Crippen molar-refractivity contribution < 1.29 is 13.2 Å². The fraction of sp³-hybridized carbons (Fsp3) is 0.600. The molecule has 1 aromatic heterocycles. The fourth-order valence-corrected chi connectivity index (χ4v) is 4.18. The average Bonchev–Trinajstić information content (AvgIpc) is 2.87. The fourth-order valence-electron chi connectivity index (χ4n) is 1.82. The van der Waals surface area contributed by atoms with E-state index in [1.165, 1.54) is 0 Å². The number of hydrogen-bond acceptors (Lipinski definition) is 5. The van der Waals surface area contributed by atoms with Crippen LogP contribution in [-0.2, 0) is 21.1 Å². The van der Waals surface area contributed by atoms with Gasteiger partial charge in [-0.15, -0.1) is 11.3 Å². The lowest BCUT2D eigenvalue weighted by Gasteiger charge is -2.08. The topological polar surface area (TPSA) is 76.1 Å². The maximum absolute atomic E-state index is 11.7. The molecule has 0 spiro atoms. The maximum atomic E-state index is 11.7. The first-order valence-corrected chi connectivity index (χ1v) is 8.13. The van der Waals surface area contributed by atoms with Gasteiger partial charge in [-0.05, 0) is 6.42 Å². The molecule has 0 aromatic carbocycles. The van der Waals surface area contributed by atoms with Crippen molar-refractivity contribution >= 4 is 27.1 Å². The van der Waals surface area contributed by atoms with Crippen LogP contribution in [0.3, 0.4) is 0 Å². The lowest BCUT2D eigenvalue weighted by Crippen LogP contribution is -2.32. The van der Waals surface area contributed by atoms with Crippen LogP contribution < -0.4 is 5.32 Å². The van der Waals surface area contributed by atoms with Gasteiger partial charge >= 0.3 is 0 Å². The van der Waals surface area contributed by atoms with E-state index in [1.807, 2.05) is 5.38 Å². The summed E-state index contributed by atoms with van der Waals surface area (Å²) in [6, 6.07) is 0. The van der Waals surface area contributed by atoms with E-state index in [-0.39, 0.29) is 23.3 Å². The average molecular weight is 274 g/mol. The van der Waals surface area contributed by atoms with Crippen LogP contribution in [0.15, 0.2) is 11.6 Å². The Hall–Kier alpha value is -0.950. The Morgan fingerprint density at radius 3 is 3.00 bits per heavy atom. The molecular formula is C10H14N2O3S2. The van der Waals surface area contributed by atoms with Crippen LogP contribution in [0.25, 0.3) is 0 Å². The second kappa shape index (κ2) is 5.14. The highest BCUT2D eigenvalue weighted by Gasteiger charge is 2.32. The van der Waals surface area contributed by atoms with Crippen molar-refractivity contribution in [1.82, 2.24) is 10.3 Å². The molecule has 2 rings (SSSR count). The molecule has 1 aromatic rings. The van der Waals surface area contributed by atoms with Crippen molar-refractivity contribution in [2.75, 3.05) is 18.1 Å². The summed E-state index contributed by atoms with van der Waals surface area (Å²) in [7, 11) is -2.98. The summed E-state index contributed by atoms with van der Waals surface area (Å²) >= 11 is 1.55. The van der Waals surface area contributed by atoms with Crippen LogP contribution in [0.2, 0.25) is 0 Å². The van der Waals surface area contributed by atoms with Crippen LogP contribution in [-0.4, -0.2) is 37.4 Å². The lowest BCUT2D eigenvalue weighted by molar-refractivity contribution is -0.124. The highest BCUT2D eigenvalue weighted by Crippen LogP contribution is 2.18. The number of thiazole rings is 1. The first kappa shape index (κ1) is 12.5. The number of carbonyl (C=O) groups is 1. The summed E-state index contributed by atoms with van der Waals surface area (Å²) in [5, 5.41) is 5.63. The lowest BCUT2D eigenvalue weighted by atomic mass is 10.1. The second-order valence-electron chi connectivity index (χ2n) is 4.07. The van der Waals surface area contributed by atoms with Gasteiger partial charge in [-0.25, -0.2) is 13.4 Å². The van der Waals surface area contributed by atoms with E-state index in [0.29, 0.717) is 19.4 Å². The van der Waals surface area contributed by atoms with Gasteiger partial charge in [0.15, 0.2) is 9.84 Å². The zero-order chi connectivity index (χ0) is 12.3. The molecule has 0 aliphatic carbocycles. The second-order valence-corrected chi connectivity index (χ2v) is 7.27. The first-order valence-electron chi connectivity index (χ1n) is 5.43. The molecule has 1 amide bonds. The molecule has 17 heavy (non-hydrogen) atoms. The Balaban J connectivity index is 1.75. The summed E-state index contributed by atoms with van der Waals surface area (Å²) in [6.07, 6.45) is 2.87. The number of hydrogen-bond donors (Lipinski definition) is 1. The number of amides is 1. The Morgan fingerprint density at radius 1 is 1.59 bits per heavy atom. The van der Waals surface area contributed by atoms with E-state index in [4.69, 9.17) is 0 Å². The molecule has 2 heterocycles. The Morgan fingerprint density at radius 2 is 2.41 bits per heavy atom. The molecule has 1 fully saturated rings. The van der Waals surface area contributed by atoms with E-state index < -0.39 is 9.84 Å². The number of rotatable bonds is 4. The smallest absolute Gasteiger partial charge is 0.224 e. The van der Waals surface area contributed by atoms with Crippen LogP contribution in [0.5, 0.6) is 0 Å². The molecule has 1 saturated heterocycles. The summed E-state index contributed by atoms with van der Waals surface area (Å²) in [5.74, 6) is -0.382. The monoisotopic (exact) mass is 274 g/mol. The normalized spacial score (nSPS) is 22.5. The van der Waals surface area contributed by atoms with Gasteiger partial charge in [-0.3, -0.25) is 4.79 Å². The zero-order valence-corrected chi connectivity index (χ0v) is 10.9. The van der Waals surface area contributed by atoms with Crippen molar-refractivity contribution in [1.29, 1.82) is 0 Å². The third-order valence-corrected chi connectivity index (χ3v) is 5.33. The summed E-state index contributed by atoms with van der Waals surface area (Å²) < 4.78 is 22.4. The quantitative estimate of drug-likeness (QED) is 0.853. The standard InChI is InChI=1S/C10H14N2O3S2/c13-10(8-2-6-17(14,15)7-8)12-3-1-9-11-4-5-16-9/h4-5,8H,1-3,6-7H2,(H,12,13)/t8-/m0/s1. The molecule has 7 heteroatoms. The molecule has 1 atom stereocenters. The minimum atomic E-state index is -2.98. The van der Waals surface area contributed by atoms with Crippen LogP contribution >= 0.6 is 11.3 Å². The van der Waals surface area contributed by atoms with Gasteiger partial charge < -0.3 is 5.32 Å². The molecule has 0 saturated carbocycles. The molecular weight excluding hydrogens is 260 g/mol. The third-order valence-electron chi connectivity index (χ3n) is 2.72. The molecule has 0 unspecified atom stereocenters. The van der Waals surface area contributed by atoms with Crippen LogP contribution in [0, 0.1) is 5.92 Å². The Labute approximate surface area is 104 Å². The van der Waals surface area contributed by atoms with Gasteiger partial charge in [0, 0.05) is 24.5 Å². The molecule has 1 aliphatic heterocycles. The van der Waals surface area contributed by atoms with Gasteiger partial charge in [0.1, 0.15) is 0 Å². The Kier molecular flexibility index (Phi) is 3.78. The molecule has 1 aliphatic rings. The summed E-state index contributed by atoms with van der Waals surface area (Å²) in [4.78, 5) is 15.8. The minimum absolute atomic E-state index is 0.00388.